The van der Waals surface area contributed by atoms with Crippen LogP contribution in [0, 0.1) is 5.82 Å². The molecule has 0 radical (unpaired) electrons. The summed E-state index contributed by atoms with van der Waals surface area (Å²) in [5, 5.41) is 3.15. The Balaban J connectivity index is 2.45. The standard InChI is InChI=1S/C12H18FNO/c1-14-11(9-15-2)8-7-10-5-3-4-6-12(10)13/h3-6,11,14H,7-9H2,1-2H3. The minimum Gasteiger partial charge on any atom is -0.383 e. The topological polar surface area (TPSA) is 21.3 Å². The second-order valence-electron chi connectivity index (χ2n) is 3.57. The molecule has 1 aromatic rings. The van der Waals surface area contributed by atoms with Gasteiger partial charge in [0.2, 0.25) is 0 Å². The number of hydrogen-bond donors (Lipinski definition) is 1. The number of rotatable bonds is 6. The minimum atomic E-state index is -0.121. The second-order valence-corrected chi connectivity index (χ2v) is 3.57. The molecule has 0 spiro atoms. The largest absolute Gasteiger partial charge is 0.383 e. The Hall–Kier alpha value is -0.930. The smallest absolute Gasteiger partial charge is 0.126 e. The Morgan fingerprint density at radius 3 is 2.73 bits per heavy atom. The quantitative estimate of drug-likeness (QED) is 0.777. The van der Waals surface area contributed by atoms with Gasteiger partial charge in [-0.25, -0.2) is 4.39 Å². The third-order valence-electron chi connectivity index (χ3n) is 2.50. The Labute approximate surface area is 90.4 Å². The lowest BCUT2D eigenvalue weighted by molar-refractivity contribution is 0.166. The average Bonchev–Trinajstić information content (AvgIpc) is 2.26. The summed E-state index contributed by atoms with van der Waals surface area (Å²) in [5.41, 5.74) is 0.772. The Morgan fingerprint density at radius 1 is 1.40 bits per heavy atom. The van der Waals surface area contributed by atoms with Crippen molar-refractivity contribution in [1.29, 1.82) is 0 Å². The molecule has 1 rings (SSSR count). The molecule has 3 heteroatoms. The zero-order valence-corrected chi connectivity index (χ0v) is 9.29. The molecular formula is C12H18FNO. The highest BCUT2D eigenvalue weighted by molar-refractivity contribution is 5.17. The van der Waals surface area contributed by atoms with E-state index < -0.39 is 0 Å². The maximum Gasteiger partial charge on any atom is 0.126 e. The van der Waals surface area contributed by atoms with Gasteiger partial charge >= 0.3 is 0 Å². The van der Waals surface area contributed by atoms with Crippen LogP contribution in [-0.4, -0.2) is 26.8 Å². The van der Waals surface area contributed by atoms with Gasteiger partial charge in [-0.2, -0.15) is 0 Å². The van der Waals surface area contributed by atoms with Crippen LogP contribution in [0.4, 0.5) is 4.39 Å². The number of ether oxygens (including phenoxy) is 1. The average molecular weight is 211 g/mol. The SMILES string of the molecule is CNC(CCc1ccccc1F)COC. The molecule has 1 N–H and O–H groups in total. The van der Waals surface area contributed by atoms with Crippen LogP contribution in [0.1, 0.15) is 12.0 Å². The lowest BCUT2D eigenvalue weighted by Crippen LogP contribution is -2.30. The molecule has 0 aliphatic rings. The van der Waals surface area contributed by atoms with Gasteiger partial charge in [-0.1, -0.05) is 18.2 Å². The first-order chi connectivity index (χ1) is 7.27. The molecule has 84 valence electrons. The first-order valence-electron chi connectivity index (χ1n) is 5.17. The molecule has 0 amide bonds. The Bertz CT molecular complexity index is 291. The van der Waals surface area contributed by atoms with E-state index in [9.17, 15) is 4.39 Å². The van der Waals surface area contributed by atoms with Crippen LogP contribution in [0.25, 0.3) is 0 Å². The normalized spacial score (nSPS) is 12.7. The van der Waals surface area contributed by atoms with Crippen LogP contribution >= 0.6 is 0 Å². The molecule has 0 aliphatic heterocycles. The number of hydrogen-bond acceptors (Lipinski definition) is 2. The van der Waals surface area contributed by atoms with E-state index in [1.54, 1.807) is 13.2 Å². The highest BCUT2D eigenvalue weighted by atomic mass is 19.1. The van der Waals surface area contributed by atoms with Crippen LogP contribution in [-0.2, 0) is 11.2 Å². The third kappa shape index (κ3) is 3.98. The second kappa shape index (κ2) is 6.53. The summed E-state index contributed by atoms with van der Waals surface area (Å²) < 4.78 is 18.3. The fourth-order valence-corrected chi connectivity index (χ4v) is 1.54. The number of nitrogens with one attached hydrogen (secondary N) is 1. The van der Waals surface area contributed by atoms with Crippen molar-refractivity contribution in [1.82, 2.24) is 5.32 Å². The highest BCUT2D eigenvalue weighted by Gasteiger charge is 2.07. The molecule has 0 saturated heterocycles. The predicted molar refractivity (Wildman–Crippen MR) is 59.4 cm³/mol. The number of likely N-dealkylation sites (N-methyl/N-ethyl adjacent to an activating group) is 1. The van der Waals surface area contributed by atoms with Crippen molar-refractivity contribution in [2.45, 2.75) is 18.9 Å². The maximum absolute atomic E-state index is 13.3. The first-order valence-corrected chi connectivity index (χ1v) is 5.17. The fraction of sp³-hybridized carbons (Fsp3) is 0.500. The maximum atomic E-state index is 13.3. The number of methoxy groups -OCH3 is 1. The van der Waals surface area contributed by atoms with Gasteiger partial charge in [0.25, 0.3) is 0 Å². The lowest BCUT2D eigenvalue weighted by atomic mass is 10.1. The monoisotopic (exact) mass is 211 g/mol. The molecule has 1 aromatic carbocycles. The van der Waals surface area contributed by atoms with Crippen molar-refractivity contribution in [2.75, 3.05) is 20.8 Å². The number of benzene rings is 1. The van der Waals surface area contributed by atoms with E-state index in [-0.39, 0.29) is 11.9 Å². The third-order valence-corrected chi connectivity index (χ3v) is 2.50. The summed E-state index contributed by atoms with van der Waals surface area (Å²) in [6.45, 7) is 0.658. The molecular weight excluding hydrogens is 193 g/mol. The van der Waals surface area contributed by atoms with Crippen molar-refractivity contribution >= 4 is 0 Å². The summed E-state index contributed by atoms with van der Waals surface area (Å²) in [5.74, 6) is -0.121. The van der Waals surface area contributed by atoms with Crippen LogP contribution in [0.15, 0.2) is 24.3 Å². The van der Waals surface area contributed by atoms with Crippen molar-refractivity contribution in [3.63, 3.8) is 0 Å². The molecule has 1 unspecified atom stereocenters. The van der Waals surface area contributed by atoms with Crippen molar-refractivity contribution < 1.29 is 9.13 Å². The van der Waals surface area contributed by atoms with Crippen LogP contribution < -0.4 is 5.32 Å². The van der Waals surface area contributed by atoms with Gasteiger partial charge in [-0.05, 0) is 31.5 Å². The Kier molecular flexibility index (Phi) is 5.29. The highest BCUT2D eigenvalue weighted by Crippen LogP contribution is 2.10. The number of aryl methyl sites for hydroxylation is 1. The van der Waals surface area contributed by atoms with Gasteiger partial charge in [-0.15, -0.1) is 0 Å². The molecule has 0 heterocycles. The van der Waals surface area contributed by atoms with Gasteiger partial charge in [0.1, 0.15) is 5.82 Å². The van der Waals surface area contributed by atoms with Crippen LogP contribution in [0.2, 0.25) is 0 Å². The van der Waals surface area contributed by atoms with E-state index in [2.05, 4.69) is 5.32 Å². The molecule has 0 fully saturated rings. The van der Waals surface area contributed by atoms with Crippen LogP contribution in [0.3, 0.4) is 0 Å². The van der Waals surface area contributed by atoms with Crippen molar-refractivity contribution in [3.8, 4) is 0 Å². The van der Waals surface area contributed by atoms with E-state index in [1.807, 2.05) is 19.2 Å². The van der Waals surface area contributed by atoms with E-state index in [0.717, 1.165) is 18.4 Å². The summed E-state index contributed by atoms with van der Waals surface area (Å²) >= 11 is 0. The van der Waals surface area contributed by atoms with E-state index in [4.69, 9.17) is 4.74 Å². The van der Waals surface area contributed by atoms with Crippen molar-refractivity contribution in [2.24, 2.45) is 0 Å². The van der Waals surface area contributed by atoms with E-state index in [0.29, 0.717) is 6.61 Å². The lowest BCUT2D eigenvalue weighted by Gasteiger charge is -2.14. The molecule has 0 aromatic heterocycles. The van der Waals surface area contributed by atoms with Gasteiger partial charge in [0.15, 0.2) is 0 Å². The molecule has 0 aliphatic carbocycles. The van der Waals surface area contributed by atoms with Crippen LogP contribution in [0.5, 0.6) is 0 Å². The summed E-state index contributed by atoms with van der Waals surface area (Å²) in [6, 6.07) is 7.19. The van der Waals surface area contributed by atoms with Gasteiger partial charge in [0, 0.05) is 13.2 Å². The molecule has 2 nitrogen and oxygen atoms in total. The first kappa shape index (κ1) is 12.1. The summed E-state index contributed by atoms with van der Waals surface area (Å²) in [7, 11) is 3.57. The Morgan fingerprint density at radius 2 is 2.13 bits per heavy atom. The minimum absolute atomic E-state index is 0.121. The number of halogens is 1. The van der Waals surface area contributed by atoms with Gasteiger partial charge in [-0.3, -0.25) is 0 Å². The van der Waals surface area contributed by atoms with Gasteiger partial charge < -0.3 is 10.1 Å². The van der Waals surface area contributed by atoms with E-state index >= 15 is 0 Å². The zero-order valence-electron chi connectivity index (χ0n) is 9.29. The molecule has 15 heavy (non-hydrogen) atoms. The predicted octanol–water partition coefficient (Wildman–Crippen LogP) is 1.99. The van der Waals surface area contributed by atoms with Gasteiger partial charge in [0.05, 0.1) is 6.61 Å². The molecule has 0 bridgehead atoms. The molecule has 1 atom stereocenters. The molecule has 0 saturated carbocycles. The zero-order chi connectivity index (χ0) is 11.1. The summed E-state index contributed by atoms with van der Waals surface area (Å²) in [6.07, 6.45) is 1.62. The van der Waals surface area contributed by atoms with E-state index in [1.165, 1.54) is 6.07 Å². The summed E-state index contributed by atoms with van der Waals surface area (Å²) in [4.78, 5) is 0. The fourth-order valence-electron chi connectivity index (χ4n) is 1.54. The van der Waals surface area contributed by atoms with Crippen molar-refractivity contribution in [3.05, 3.63) is 35.6 Å².